The number of halogens is 5. The standard InChI is InChI=1S/C26H33F5N4O2/c1-34-16-20(24(27)33-34)15-21(36)14-18-4-8-25(28,9-5-18)10-13-35-11-6-19-2-3-23(32-22(19)7-12-35)37-17-26(29,30)31/h2-3,16,18H,4-15,17H2,1H3. The van der Waals surface area contributed by atoms with Gasteiger partial charge in [0.2, 0.25) is 11.8 Å². The van der Waals surface area contributed by atoms with Crippen LogP contribution in [0.25, 0.3) is 0 Å². The summed E-state index contributed by atoms with van der Waals surface area (Å²) < 4.78 is 72.6. The maximum absolute atomic E-state index is 15.5. The van der Waals surface area contributed by atoms with E-state index in [-0.39, 0.29) is 24.0 Å². The van der Waals surface area contributed by atoms with E-state index in [1.54, 1.807) is 13.1 Å². The van der Waals surface area contributed by atoms with Crippen LogP contribution in [0.1, 0.15) is 55.3 Å². The van der Waals surface area contributed by atoms with E-state index < -0.39 is 24.4 Å². The van der Waals surface area contributed by atoms with Crippen LogP contribution >= 0.6 is 0 Å². The number of rotatable bonds is 9. The molecule has 0 saturated heterocycles. The molecule has 2 aromatic rings. The minimum Gasteiger partial charge on any atom is -0.468 e. The van der Waals surface area contributed by atoms with Gasteiger partial charge >= 0.3 is 6.18 Å². The Morgan fingerprint density at radius 2 is 1.92 bits per heavy atom. The summed E-state index contributed by atoms with van der Waals surface area (Å²) in [5, 5.41) is 3.62. The molecule has 0 amide bonds. The SMILES string of the molecule is Cn1cc(CC(=O)CC2CCC(F)(CCN3CCc4ccc(OCC(F)(F)F)nc4CC3)CC2)c(F)n1. The van der Waals surface area contributed by atoms with Crippen LogP contribution in [-0.4, -0.2) is 63.5 Å². The number of alkyl halides is 4. The molecule has 0 atom stereocenters. The second kappa shape index (κ2) is 11.4. The van der Waals surface area contributed by atoms with Crippen molar-refractivity contribution in [1.29, 1.82) is 0 Å². The van der Waals surface area contributed by atoms with Gasteiger partial charge < -0.3 is 9.64 Å². The smallest absolute Gasteiger partial charge is 0.422 e. The van der Waals surface area contributed by atoms with Crippen LogP contribution in [0.3, 0.4) is 0 Å². The van der Waals surface area contributed by atoms with Crippen LogP contribution in [-0.2, 0) is 31.1 Å². The zero-order valence-electron chi connectivity index (χ0n) is 21.0. The Morgan fingerprint density at radius 3 is 2.59 bits per heavy atom. The number of fused-ring (bicyclic) bond motifs is 1. The Bertz CT molecular complexity index is 1080. The van der Waals surface area contributed by atoms with Crippen molar-refractivity contribution < 1.29 is 31.5 Å². The van der Waals surface area contributed by atoms with Gasteiger partial charge in [0.1, 0.15) is 11.5 Å². The highest BCUT2D eigenvalue weighted by Crippen LogP contribution is 2.39. The molecule has 0 spiro atoms. The minimum absolute atomic E-state index is 0.0130. The first-order valence-corrected chi connectivity index (χ1v) is 12.8. The maximum atomic E-state index is 15.5. The van der Waals surface area contributed by atoms with Crippen molar-refractivity contribution in [2.75, 3.05) is 26.2 Å². The van der Waals surface area contributed by atoms with E-state index in [9.17, 15) is 22.4 Å². The van der Waals surface area contributed by atoms with Crippen molar-refractivity contribution in [2.45, 2.75) is 69.6 Å². The van der Waals surface area contributed by atoms with Crippen LogP contribution in [0.5, 0.6) is 5.88 Å². The number of nitrogens with zero attached hydrogens (tertiary/aromatic N) is 4. The molecule has 1 aliphatic heterocycles. The molecule has 3 heterocycles. The molecule has 0 N–H and O–H groups in total. The lowest BCUT2D eigenvalue weighted by atomic mass is 9.76. The fourth-order valence-electron chi connectivity index (χ4n) is 5.31. The van der Waals surface area contributed by atoms with Gasteiger partial charge in [0.25, 0.3) is 0 Å². The largest absolute Gasteiger partial charge is 0.468 e. The Morgan fingerprint density at radius 1 is 1.19 bits per heavy atom. The quantitative estimate of drug-likeness (QED) is 0.439. The monoisotopic (exact) mass is 528 g/mol. The van der Waals surface area contributed by atoms with E-state index in [0.717, 1.165) is 17.8 Å². The van der Waals surface area contributed by atoms with Crippen molar-refractivity contribution in [3.8, 4) is 5.88 Å². The molecular formula is C26H33F5N4O2. The highest BCUT2D eigenvalue weighted by Gasteiger charge is 2.36. The third-order valence-corrected chi connectivity index (χ3v) is 7.42. The second-order valence-electron chi connectivity index (χ2n) is 10.4. The van der Waals surface area contributed by atoms with Crippen molar-refractivity contribution in [3.05, 3.63) is 41.1 Å². The molecule has 0 bridgehead atoms. The fraction of sp³-hybridized carbons (Fsp3) is 0.654. The number of aryl methyl sites for hydroxylation is 1. The van der Waals surface area contributed by atoms with Crippen molar-refractivity contribution in [1.82, 2.24) is 19.7 Å². The molecule has 11 heteroatoms. The van der Waals surface area contributed by atoms with Gasteiger partial charge in [-0.05, 0) is 50.0 Å². The van der Waals surface area contributed by atoms with Crippen molar-refractivity contribution >= 4 is 5.78 Å². The average Bonchev–Trinajstić information content (AvgIpc) is 3.02. The number of carbonyl (C=O) groups is 1. The molecule has 0 unspecified atom stereocenters. The fourth-order valence-corrected chi connectivity index (χ4v) is 5.31. The number of pyridine rings is 1. The number of ether oxygens (including phenoxy) is 1. The van der Waals surface area contributed by atoms with Gasteiger partial charge in [-0.1, -0.05) is 6.07 Å². The van der Waals surface area contributed by atoms with Crippen molar-refractivity contribution in [2.24, 2.45) is 13.0 Å². The summed E-state index contributed by atoms with van der Waals surface area (Å²) in [7, 11) is 1.61. The molecule has 2 aliphatic rings. The lowest BCUT2D eigenvalue weighted by Crippen LogP contribution is -2.36. The predicted octanol–water partition coefficient (Wildman–Crippen LogP) is 4.79. The molecule has 0 aromatic carbocycles. The Hall–Kier alpha value is -2.56. The van der Waals surface area contributed by atoms with E-state index in [4.69, 9.17) is 4.74 Å². The summed E-state index contributed by atoms with van der Waals surface area (Å²) in [6.45, 7) is 0.601. The van der Waals surface area contributed by atoms with Gasteiger partial charge in [0.15, 0.2) is 6.61 Å². The number of Topliss-reactive ketones (excluding diaryl/α,β-unsaturated/α-hetero) is 1. The average molecular weight is 529 g/mol. The number of aromatic nitrogens is 3. The van der Waals surface area contributed by atoms with Crippen LogP contribution < -0.4 is 4.74 Å². The van der Waals surface area contributed by atoms with Gasteiger partial charge in [-0.25, -0.2) is 9.37 Å². The van der Waals surface area contributed by atoms with Gasteiger partial charge in [-0.3, -0.25) is 9.48 Å². The molecule has 1 aliphatic carbocycles. The number of hydrogen-bond acceptors (Lipinski definition) is 5. The highest BCUT2D eigenvalue weighted by molar-refractivity contribution is 5.81. The molecule has 1 fully saturated rings. The molecule has 0 radical (unpaired) electrons. The first-order chi connectivity index (χ1) is 17.5. The topological polar surface area (TPSA) is 60.2 Å². The molecular weight excluding hydrogens is 495 g/mol. The van der Waals surface area contributed by atoms with E-state index in [1.165, 1.54) is 16.9 Å². The minimum atomic E-state index is -4.42. The Labute approximate surface area is 213 Å². The predicted molar refractivity (Wildman–Crippen MR) is 127 cm³/mol. The number of ketones is 1. The number of carbonyl (C=O) groups excluding carboxylic acids is 1. The van der Waals surface area contributed by atoms with Gasteiger partial charge in [0.05, 0.1) is 0 Å². The summed E-state index contributed by atoms with van der Waals surface area (Å²) in [5.74, 6) is -0.588. The molecule has 204 valence electrons. The third kappa shape index (κ3) is 7.96. The van der Waals surface area contributed by atoms with Crippen LogP contribution in [0.4, 0.5) is 22.0 Å². The zero-order chi connectivity index (χ0) is 26.6. The second-order valence-corrected chi connectivity index (χ2v) is 10.4. The van der Waals surface area contributed by atoms with Gasteiger partial charge in [0, 0.05) is 69.5 Å². The maximum Gasteiger partial charge on any atom is 0.422 e. The Kier molecular flexibility index (Phi) is 8.50. The molecule has 2 aromatic heterocycles. The molecule has 37 heavy (non-hydrogen) atoms. The molecule has 6 nitrogen and oxygen atoms in total. The van der Waals surface area contributed by atoms with Crippen LogP contribution in [0.2, 0.25) is 0 Å². The first-order valence-electron chi connectivity index (χ1n) is 12.8. The van der Waals surface area contributed by atoms with Gasteiger partial charge in [-0.2, -0.15) is 17.6 Å². The van der Waals surface area contributed by atoms with E-state index in [2.05, 4.69) is 15.0 Å². The lowest BCUT2D eigenvalue weighted by Gasteiger charge is -2.35. The van der Waals surface area contributed by atoms with Crippen LogP contribution in [0, 0.1) is 11.9 Å². The van der Waals surface area contributed by atoms with E-state index in [0.29, 0.717) is 70.0 Å². The summed E-state index contributed by atoms with van der Waals surface area (Å²) in [4.78, 5) is 18.8. The summed E-state index contributed by atoms with van der Waals surface area (Å²) in [6, 6.07) is 3.23. The Balaban J connectivity index is 1.20. The number of hydrogen-bond donors (Lipinski definition) is 0. The molecule has 4 rings (SSSR count). The summed E-state index contributed by atoms with van der Waals surface area (Å²) in [6.07, 6.45) is 1.18. The first kappa shape index (κ1) is 27.5. The summed E-state index contributed by atoms with van der Waals surface area (Å²) >= 11 is 0. The third-order valence-electron chi connectivity index (χ3n) is 7.42. The van der Waals surface area contributed by atoms with Crippen molar-refractivity contribution in [3.63, 3.8) is 0 Å². The normalized spacial score (nSPS) is 22.9. The van der Waals surface area contributed by atoms with E-state index in [1.807, 2.05) is 0 Å². The van der Waals surface area contributed by atoms with Crippen LogP contribution in [0.15, 0.2) is 18.3 Å². The molecule has 1 saturated carbocycles. The van der Waals surface area contributed by atoms with E-state index >= 15 is 4.39 Å². The highest BCUT2D eigenvalue weighted by atomic mass is 19.4. The summed E-state index contributed by atoms with van der Waals surface area (Å²) in [5.41, 5.74) is 0.731. The van der Waals surface area contributed by atoms with Gasteiger partial charge in [-0.15, -0.1) is 5.10 Å². The zero-order valence-corrected chi connectivity index (χ0v) is 21.0. The lowest BCUT2D eigenvalue weighted by molar-refractivity contribution is -0.154.